The molecule has 1 aliphatic rings. The molecule has 174 valence electrons. The molecule has 0 bridgehead atoms. The predicted molar refractivity (Wildman–Crippen MR) is 109 cm³/mol. The van der Waals surface area contributed by atoms with E-state index in [2.05, 4.69) is 14.8 Å². The van der Waals surface area contributed by atoms with E-state index in [-0.39, 0.29) is 37.0 Å². The van der Waals surface area contributed by atoms with Gasteiger partial charge in [0.05, 0.1) is 10.6 Å². The van der Waals surface area contributed by atoms with Crippen LogP contribution in [0.3, 0.4) is 0 Å². The standard InChI is InChI=1S/C20H18F3N5O4S/c21-20(22,23)32-17-5-7-18(8-6-17)33(30,31)27-11-9-26(10-12-27)19(29)15-1-3-16(4-2-15)28-14-24-13-25-28/h1-8,13-14H,9-12H2. The summed E-state index contributed by atoms with van der Waals surface area (Å²) in [7, 11) is -3.92. The van der Waals surface area contributed by atoms with Crippen LogP contribution in [-0.4, -0.2) is 70.8 Å². The number of hydrogen-bond donors (Lipinski definition) is 0. The lowest BCUT2D eigenvalue weighted by Crippen LogP contribution is -2.50. The van der Waals surface area contributed by atoms with Crippen LogP contribution in [0.5, 0.6) is 5.75 Å². The van der Waals surface area contributed by atoms with Gasteiger partial charge in [-0.3, -0.25) is 4.79 Å². The molecule has 1 aliphatic heterocycles. The molecule has 13 heteroatoms. The minimum atomic E-state index is -4.86. The fourth-order valence-electron chi connectivity index (χ4n) is 3.37. The van der Waals surface area contributed by atoms with Crippen molar-refractivity contribution in [3.05, 3.63) is 66.7 Å². The monoisotopic (exact) mass is 481 g/mol. The number of carbonyl (C=O) groups is 1. The summed E-state index contributed by atoms with van der Waals surface area (Å²) >= 11 is 0. The molecule has 2 heterocycles. The molecule has 2 aromatic carbocycles. The number of hydrogen-bond acceptors (Lipinski definition) is 6. The van der Waals surface area contributed by atoms with Crippen LogP contribution in [-0.2, 0) is 10.0 Å². The van der Waals surface area contributed by atoms with Crippen LogP contribution in [0, 0.1) is 0 Å². The Morgan fingerprint density at radius 3 is 2.12 bits per heavy atom. The summed E-state index contributed by atoms with van der Waals surface area (Å²) in [6.45, 7) is 0.480. The molecule has 33 heavy (non-hydrogen) atoms. The molecule has 1 saturated heterocycles. The highest BCUT2D eigenvalue weighted by Gasteiger charge is 2.33. The van der Waals surface area contributed by atoms with Gasteiger partial charge in [0.15, 0.2) is 0 Å². The highest BCUT2D eigenvalue weighted by Crippen LogP contribution is 2.25. The number of ether oxygens (including phenoxy) is 1. The van der Waals surface area contributed by atoms with Gasteiger partial charge in [0.1, 0.15) is 18.4 Å². The topological polar surface area (TPSA) is 97.6 Å². The van der Waals surface area contributed by atoms with Crippen molar-refractivity contribution in [3.8, 4) is 11.4 Å². The first kappa shape index (κ1) is 22.7. The van der Waals surface area contributed by atoms with E-state index in [9.17, 15) is 26.4 Å². The number of amides is 1. The lowest BCUT2D eigenvalue weighted by molar-refractivity contribution is -0.274. The second-order valence-electron chi connectivity index (χ2n) is 7.10. The zero-order valence-electron chi connectivity index (χ0n) is 17.0. The summed E-state index contributed by atoms with van der Waals surface area (Å²) in [5, 5.41) is 4.02. The van der Waals surface area contributed by atoms with Gasteiger partial charge >= 0.3 is 6.36 Å². The minimum absolute atomic E-state index is 0.0614. The molecular formula is C20H18F3N5O4S. The van der Waals surface area contributed by atoms with Gasteiger partial charge in [-0.05, 0) is 48.5 Å². The van der Waals surface area contributed by atoms with Crippen LogP contribution in [0.2, 0.25) is 0 Å². The van der Waals surface area contributed by atoms with Crippen LogP contribution in [0.4, 0.5) is 13.2 Å². The minimum Gasteiger partial charge on any atom is -0.406 e. The fourth-order valence-corrected chi connectivity index (χ4v) is 4.80. The van der Waals surface area contributed by atoms with Gasteiger partial charge in [0.2, 0.25) is 10.0 Å². The first-order valence-electron chi connectivity index (χ1n) is 9.74. The van der Waals surface area contributed by atoms with Crippen molar-refractivity contribution < 1.29 is 31.1 Å². The molecule has 0 N–H and O–H groups in total. The van der Waals surface area contributed by atoms with Crippen LogP contribution in [0.1, 0.15) is 10.4 Å². The van der Waals surface area contributed by atoms with Crippen LogP contribution in [0.25, 0.3) is 5.69 Å². The van der Waals surface area contributed by atoms with Gasteiger partial charge < -0.3 is 9.64 Å². The van der Waals surface area contributed by atoms with E-state index in [1.165, 1.54) is 17.0 Å². The third-order valence-electron chi connectivity index (χ3n) is 5.02. The van der Waals surface area contributed by atoms with Crippen molar-refractivity contribution in [2.75, 3.05) is 26.2 Å². The molecule has 0 unspecified atom stereocenters. The Balaban J connectivity index is 1.38. The number of sulfonamides is 1. The highest BCUT2D eigenvalue weighted by atomic mass is 32.2. The lowest BCUT2D eigenvalue weighted by atomic mass is 10.1. The molecule has 1 amide bonds. The molecule has 0 spiro atoms. The third kappa shape index (κ3) is 5.14. The number of benzene rings is 2. The third-order valence-corrected chi connectivity index (χ3v) is 6.93. The Morgan fingerprint density at radius 1 is 0.939 bits per heavy atom. The van der Waals surface area contributed by atoms with Crippen molar-refractivity contribution >= 4 is 15.9 Å². The first-order chi connectivity index (χ1) is 15.6. The quantitative estimate of drug-likeness (QED) is 0.555. The van der Waals surface area contributed by atoms with Crippen molar-refractivity contribution in [3.63, 3.8) is 0 Å². The summed E-state index contributed by atoms with van der Waals surface area (Å²) in [6.07, 6.45) is -1.93. The molecule has 4 rings (SSSR count). The van der Waals surface area contributed by atoms with E-state index < -0.39 is 22.1 Å². The van der Waals surface area contributed by atoms with Crippen LogP contribution < -0.4 is 4.74 Å². The van der Waals surface area contributed by atoms with E-state index in [0.717, 1.165) is 30.0 Å². The molecular weight excluding hydrogens is 463 g/mol. The SMILES string of the molecule is O=C(c1ccc(-n2cncn2)cc1)N1CCN(S(=O)(=O)c2ccc(OC(F)(F)F)cc2)CC1. The number of carbonyl (C=O) groups excluding carboxylic acids is 1. The van der Waals surface area contributed by atoms with Crippen molar-refractivity contribution in [2.45, 2.75) is 11.3 Å². The van der Waals surface area contributed by atoms with Crippen LogP contribution in [0.15, 0.2) is 66.1 Å². The largest absolute Gasteiger partial charge is 0.573 e. The molecule has 0 atom stereocenters. The van der Waals surface area contributed by atoms with Gasteiger partial charge in [0.25, 0.3) is 5.91 Å². The Labute approximate surface area is 187 Å². The van der Waals surface area contributed by atoms with Gasteiger partial charge in [-0.25, -0.2) is 18.1 Å². The maximum Gasteiger partial charge on any atom is 0.573 e. The normalized spacial score (nSPS) is 15.4. The van der Waals surface area contributed by atoms with Gasteiger partial charge in [-0.1, -0.05) is 0 Å². The lowest BCUT2D eigenvalue weighted by Gasteiger charge is -2.34. The van der Waals surface area contributed by atoms with Crippen molar-refractivity contribution in [1.29, 1.82) is 0 Å². The zero-order valence-corrected chi connectivity index (χ0v) is 17.8. The zero-order chi connectivity index (χ0) is 23.6. The Morgan fingerprint density at radius 2 is 1.58 bits per heavy atom. The number of alkyl halides is 3. The summed E-state index contributed by atoms with van der Waals surface area (Å²) in [5.74, 6) is -0.738. The maximum atomic E-state index is 12.8. The van der Waals surface area contributed by atoms with Gasteiger partial charge in [-0.2, -0.15) is 9.40 Å². The number of rotatable bonds is 5. The van der Waals surface area contributed by atoms with Crippen LogP contribution >= 0.6 is 0 Å². The van der Waals surface area contributed by atoms with E-state index >= 15 is 0 Å². The summed E-state index contributed by atoms with van der Waals surface area (Å²) in [4.78, 5) is 18.1. The van der Waals surface area contributed by atoms with E-state index in [1.54, 1.807) is 33.8 Å². The summed E-state index contributed by atoms with van der Waals surface area (Å²) < 4.78 is 69.0. The predicted octanol–water partition coefficient (Wildman–Crippen LogP) is 2.31. The Hall–Kier alpha value is -3.45. The first-order valence-corrected chi connectivity index (χ1v) is 11.2. The molecule has 1 fully saturated rings. The molecule has 9 nitrogen and oxygen atoms in total. The number of aromatic nitrogens is 3. The van der Waals surface area contributed by atoms with Gasteiger partial charge in [-0.15, -0.1) is 13.2 Å². The smallest absolute Gasteiger partial charge is 0.406 e. The Kier molecular flexibility index (Phi) is 6.08. The molecule has 0 aliphatic carbocycles. The van der Waals surface area contributed by atoms with Crippen molar-refractivity contribution in [2.24, 2.45) is 0 Å². The molecule has 0 saturated carbocycles. The van der Waals surface area contributed by atoms with E-state index in [0.29, 0.717) is 5.56 Å². The second-order valence-corrected chi connectivity index (χ2v) is 9.04. The fraction of sp³-hybridized carbons (Fsp3) is 0.250. The number of piperazine rings is 1. The second kappa shape index (κ2) is 8.83. The van der Waals surface area contributed by atoms with E-state index in [1.807, 2.05) is 0 Å². The average molecular weight is 481 g/mol. The highest BCUT2D eigenvalue weighted by molar-refractivity contribution is 7.89. The Bertz CT molecular complexity index is 1210. The van der Waals surface area contributed by atoms with Crippen molar-refractivity contribution in [1.82, 2.24) is 24.0 Å². The number of halogens is 3. The molecule has 0 radical (unpaired) electrons. The summed E-state index contributed by atoms with van der Waals surface area (Å²) in [6, 6.07) is 10.8. The molecule has 1 aromatic heterocycles. The maximum absolute atomic E-state index is 12.8. The summed E-state index contributed by atoms with van der Waals surface area (Å²) in [5.41, 5.74) is 1.20. The van der Waals surface area contributed by atoms with Gasteiger partial charge in [0, 0.05) is 31.7 Å². The average Bonchev–Trinajstić information content (AvgIpc) is 3.33. The van der Waals surface area contributed by atoms with E-state index in [4.69, 9.17) is 0 Å². The molecule has 3 aromatic rings. The number of nitrogens with zero attached hydrogens (tertiary/aromatic N) is 5.